The number of aromatic nitrogens is 2. The number of nitrogens with zero attached hydrogens (tertiary/aromatic N) is 4. The van der Waals surface area contributed by atoms with Gasteiger partial charge in [-0.2, -0.15) is 41.6 Å². The molecule has 0 spiro atoms. The summed E-state index contributed by atoms with van der Waals surface area (Å²) in [5, 5.41) is 14.9. The average molecular weight is 379 g/mol. The van der Waals surface area contributed by atoms with Crippen LogP contribution in [0.1, 0.15) is 17.8 Å². The van der Waals surface area contributed by atoms with E-state index in [0.717, 1.165) is 6.92 Å². The van der Waals surface area contributed by atoms with Gasteiger partial charge in [-0.25, -0.2) is 0 Å². The van der Waals surface area contributed by atoms with Crippen molar-refractivity contribution < 1.29 is 36.2 Å². The predicted octanol–water partition coefficient (Wildman–Crippen LogP) is 2.33. The second-order valence-corrected chi connectivity index (χ2v) is 5.30. The van der Waals surface area contributed by atoms with Gasteiger partial charge < -0.3 is 5.11 Å². The molecule has 13 heteroatoms. The maximum atomic E-state index is 12.9. The minimum atomic E-state index is -5.20. The summed E-state index contributed by atoms with van der Waals surface area (Å²) in [6.07, 6.45) is -10.4. The van der Waals surface area contributed by atoms with E-state index >= 15 is 0 Å². The summed E-state index contributed by atoms with van der Waals surface area (Å²) < 4.78 is 77.2. The van der Waals surface area contributed by atoms with Crippen LogP contribution >= 0.6 is 11.6 Å². The summed E-state index contributed by atoms with van der Waals surface area (Å²) in [7, 11) is 0. The second kappa shape index (κ2) is 5.62. The quantitative estimate of drug-likeness (QED) is 0.803. The zero-order valence-corrected chi connectivity index (χ0v) is 12.5. The third-order valence-electron chi connectivity index (χ3n) is 3.30. The standard InChI is InChI=1S/C11H9ClF6N4O2/c1-5-7(12)8(10(13,14)15)20-21(5)4-6(23)22-9(24,2-3-19-22)11(16,17)18/h3,24H,2,4H2,1H3/t9-/m1/s1. The van der Waals surface area contributed by atoms with Crippen LogP contribution in [0.3, 0.4) is 0 Å². The lowest BCUT2D eigenvalue weighted by Gasteiger charge is -2.32. The highest BCUT2D eigenvalue weighted by Crippen LogP contribution is 2.39. The van der Waals surface area contributed by atoms with Crippen molar-refractivity contribution in [3.05, 3.63) is 16.4 Å². The molecule has 2 heterocycles. The number of rotatable bonds is 2. The Bertz CT molecular complexity index is 698. The average Bonchev–Trinajstić information content (AvgIpc) is 2.94. The molecule has 134 valence electrons. The van der Waals surface area contributed by atoms with Crippen LogP contribution in [-0.2, 0) is 17.5 Å². The van der Waals surface area contributed by atoms with E-state index in [2.05, 4.69) is 10.2 Å². The highest BCUT2D eigenvalue weighted by molar-refractivity contribution is 6.32. The fourth-order valence-corrected chi connectivity index (χ4v) is 2.24. The summed E-state index contributed by atoms with van der Waals surface area (Å²) in [6.45, 7) is 0.0957. The largest absolute Gasteiger partial charge is 0.438 e. The van der Waals surface area contributed by atoms with Gasteiger partial charge in [-0.1, -0.05) is 11.6 Å². The molecule has 0 aliphatic carbocycles. The van der Waals surface area contributed by atoms with Gasteiger partial charge in [-0.05, 0) is 6.92 Å². The molecule has 24 heavy (non-hydrogen) atoms. The Labute approximate surface area is 135 Å². The molecular formula is C11H9ClF6N4O2. The van der Waals surface area contributed by atoms with Crippen molar-refractivity contribution in [2.24, 2.45) is 5.10 Å². The zero-order chi connectivity index (χ0) is 18.5. The maximum absolute atomic E-state index is 12.9. The molecule has 0 radical (unpaired) electrons. The molecule has 1 atom stereocenters. The molecule has 1 aromatic heterocycles. The second-order valence-electron chi connectivity index (χ2n) is 4.93. The number of hydrogen-bond donors (Lipinski definition) is 1. The van der Waals surface area contributed by atoms with E-state index in [0.29, 0.717) is 10.9 Å². The van der Waals surface area contributed by atoms with Gasteiger partial charge in [0.05, 0.1) is 10.7 Å². The molecule has 1 amide bonds. The molecule has 0 saturated carbocycles. The Morgan fingerprint density at radius 2 is 1.96 bits per heavy atom. The number of alkyl halides is 6. The molecule has 0 unspecified atom stereocenters. The zero-order valence-electron chi connectivity index (χ0n) is 11.8. The highest BCUT2D eigenvalue weighted by Gasteiger charge is 2.61. The molecule has 1 N–H and O–H groups in total. The van der Waals surface area contributed by atoms with Crippen LogP contribution in [0.4, 0.5) is 26.3 Å². The number of amides is 1. The highest BCUT2D eigenvalue weighted by atomic mass is 35.5. The van der Waals surface area contributed by atoms with E-state index in [1.54, 1.807) is 0 Å². The van der Waals surface area contributed by atoms with E-state index in [-0.39, 0.29) is 10.7 Å². The molecule has 1 aliphatic heterocycles. The van der Waals surface area contributed by atoms with Gasteiger partial charge in [-0.15, -0.1) is 0 Å². The Hall–Kier alpha value is -1.82. The molecule has 6 nitrogen and oxygen atoms in total. The van der Waals surface area contributed by atoms with Crippen LogP contribution in [0.25, 0.3) is 0 Å². The Morgan fingerprint density at radius 3 is 2.42 bits per heavy atom. The first-order valence-electron chi connectivity index (χ1n) is 6.23. The lowest BCUT2D eigenvalue weighted by molar-refractivity contribution is -0.302. The number of aliphatic hydroxyl groups is 1. The van der Waals surface area contributed by atoms with Crippen LogP contribution in [0.15, 0.2) is 5.10 Å². The molecule has 1 aliphatic rings. The normalized spacial score (nSPS) is 21.6. The van der Waals surface area contributed by atoms with Crippen LogP contribution < -0.4 is 0 Å². The summed E-state index contributed by atoms with van der Waals surface area (Å²) >= 11 is 5.48. The summed E-state index contributed by atoms with van der Waals surface area (Å²) in [4.78, 5) is 12.0. The minimum Gasteiger partial charge on any atom is -0.362 e. The van der Waals surface area contributed by atoms with Crippen molar-refractivity contribution >= 4 is 23.7 Å². The summed E-state index contributed by atoms with van der Waals surface area (Å²) in [6, 6.07) is 0. The SMILES string of the molecule is Cc1c(Cl)c(C(F)(F)F)nn1CC(=O)N1N=CC[C@@]1(O)C(F)(F)F. The summed E-state index contributed by atoms with van der Waals surface area (Å²) in [5.74, 6) is -1.40. The third kappa shape index (κ3) is 2.95. The lowest BCUT2D eigenvalue weighted by atomic mass is 10.1. The van der Waals surface area contributed by atoms with Crippen molar-refractivity contribution in [3.8, 4) is 0 Å². The smallest absolute Gasteiger partial charge is 0.362 e. The van der Waals surface area contributed by atoms with Crippen molar-refractivity contribution in [2.75, 3.05) is 0 Å². The van der Waals surface area contributed by atoms with E-state index in [4.69, 9.17) is 11.6 Å². The van der Waals surface area contributed by atoms with Gasteiger partial charge in [0.15, 0.2) is 5.69 Å². The molecule has 2 rings (SSSR count). The number of hydrazone groups is 1. The third-order valence-corrected chi connectivity index (χ3v) is 3.75. The molecule has 0 bridgehead atoms. The van der Waals surface area contributed by atoms with Crippen LogP contribution in [0.5, 0.6) is 0 Å². The fraction of sp³-hybridized carbons (Fsp3) is 0.545. The van der Waals surface area contributed by atoms with Gasteiger partial charge in [0.25, 0.3) is 11.6 Å². The Balaban J connectivity index is 2.30. The van der Waals surface area contributed by atoms with Crippen LogP contribution in [-0.4, -0.2) is 43.9 Å². The topological polar surface area (TPSA) is 70.7 Å². The molecular weight excluding hydrogens is 370 g/mol. The van der Waals surface area contributed by atoms with Gasteiger partial charge in [0.1, 0.15) is 6.54 Å². The van der Waals surface area contributed by atoms with Crippen molar-refractivity contribution in [3.63, 3.8) is 0 Å². The molecule has 1 aromatic rings. The van der Waals surface area contributed by atoms with Crippen LogP contribution in [0, 0.1) is 6.92 Å². The lowest BCUT2D eigenvalue weighted by Crippen LogP contribution is -2.57. The van der Waals surface area contributed by atoms with E-state index in [1.807, 2.05) is 0 Å². The first kappa shape index (κ1) is 18.5. The Kier molecular flexibility index (Phi) is 4.34. The predicted molar refractivity (Wildman–Crippen MR) is 67.9 cm³/mol. The van der Waals surface area contributed by atoms with Gasteiger partial charge >= 0.3 is 12.4 Å². The molecule has 0 aromatic carbocycles. The van der Waals surface area contributed by atoms with Crippen molar-refractivity contribution in [1.29, 1.82) is 0 Å². The van der Waals surface area contributed by atoms with Crippen molar-refractivity contribution in [2.45, 2.75) is 38.0 Å². The van der Waals surface area contributed by atoms with Gasteiger partial charge in [0.2, 0.25) is 0 Å². The minimum absolute atomic E-state index is 0.227. The van der Waals surface area contributed by atoms with E-state index in [1.165, 1.54) is 0 Å². The number of hydrogen-bond acceptors (Lipinski definition) is 4. The molecule has 0 fully saturated rings. The number of carbonyl (C=O) groups is 1. The number of halogens is 7. The first-order valence-corrected chi connectivity index (χ1v) is 6.61. The fourth-order valence-electron chi connectivity index (χ4n) is 1.99. The Morgan fingerprint density at radius 1 is 1.38 bits per heavy atom. The van der Waals surface area contributed by atoms with Gasteiger partial charge in [0, 0.05) is 12.6 Å². The molecule has 0 saturated heterocycles. The van der Waals surface area contributed by atoms with Crippen LogP contribution in [0.2, 0.25) is 5.02 Å². The van der Waals surface area contributed by atoms with Crippen molar-refractivity contribution in [1.82, 2.24) is 14.8 Å². The first-order chi connectivity index (χ1) is 10.8. The van der Waals surface area contributed by atoms with E-state index in [9.17, 15) is 36.2 Å². The maximum Gasteiger partial charge on any atom is 0.438 e. The van der Waals surface area contributed by atoms with Gasteiger partial charge in [-0.3, -0.25) is 9.48 Å². The summed E-state index contributed by atoms with van der Waals surface area (Å²) in [5.41, 5.74) is -5.29. The van der Waals surface area contributed by atoms with E-state index < -0.39 is 47.7 Å². The monoisotopic (exact) mass is 378 g/mol. The number of carbonyl (C=O) groups excluding carboxylic acids is 1.